The summed E-state index contributed by atoms with van der Waals surface area (Å²) in [6.07, 6.45) is 1.05. The van der Waals surface area contributed by atoms with Crippen LogP contribution in [-0.4, -0.2) is 16.1 Å². The summed E-state index contributed by atoms with van der Waals surface area (Å²) in [6.45, 7) is 13.0. The van der Waals surface area contributed by atoms with Gasteiger partial charge in [-0.05, 0) is 25.5 Å². The molecule has 1 aromatic heterocycles. The summed E-state index contributed by atoms with van der Waals surface area (Å²) >= 11 is 0. The smallest absolute Gasteiger partial charge is 0.119 e. The van der Waals surface area contributed by atoms with Crippen molar-refractivity contribution in [3.63, 3.8) is 0 Å². The molecule has 1 aromatic carbocycles. The molecule has 3 heteroatoms. The Kier molecular flexibility index (Phi) is 3.40. The highest BCUT2D eigenvalue weighted by atomic mass is 15.1. The van der Waals surface area contributed by atoms with Gasteiger partial charge in [0.05, 0.1) is 5.69 Å². The van der Waals surface area contributed by atoms with Crippen LogP contribution in [0.4, 0.5) is 0 Å². The molecule has 0 spiro atoms. The highest BCUT2D eigenvalue weighted by molar-refractivity contribution is 5.47. The van der Waals surface area contributed by atoms with E-state index < -0.39 is 0 Å². The lowest BCUT2D eigenvalue weighted by atomic mass is 9.95. The summed E-state index contributed by atoms with van der Waals surface area (Å²) in [7, 11) is 0. The zero-order chi connectivity index (χ0) is 15.2. The lowest BCUT2D eigenvalue weighted by molar-refractivity contribution is 0.532. The first-order chi connectivity index (χ1) is 9.88. The van der Waals surface area contributed by atoms with Gasteiger partial charge < -0.3 is 5.32 Å². The van der Waals surface area contributed by atoms with Crippen molar-refractivity contribution >= 4 is 0 Å². The second-order valence-corrected chi connectivity index (χ2v) is 7.13. The van der Waals surface area contributed by atoms with Crippen molar-refractivity contribution in [3.8, 4) is 5.69 Å². The van der Waals surface area contributed by atoms with Crippen molar-refractivity contribution in [1.29, 1.82) is 0 Å². The molecule has 3 rings (SSSR count). The number of benzene rings is 1. The number of nitrogens with zero attached hydrogens (tertiary/aromatic N) is 2. The van der Waals surface area contributed by atoms with E-state index in [4.69, 9.17) is 4.98 Å². The fourth-order valence-corrected chi connectivity index (χ4v) is 3.13. The maximum absolute atomic E-state index is 4.96. The first-order valence-electron chi connectivity index (χ1n) is 7.77. The van der Waals surface area contributed by atoms with Crippen molar-refractivity contribution in [2.24, 2.45) is 0 Å². The average Bonchev–Trinajstić information content (AvgIpc) is 2.78. The predicted molar refractivity (Wildman–Crippen MR) is 87.1 cm³/mol. The molecular formula is C18H25N3. The highest BCUT2D eigenvalue weighted by Crippen LogP contribution is 2.30. The number of aryl methyl sites for hydroxylation is 2. The summed E-state index contributed by atoms with van der Waals surface area (Å²) < 4.78 is 2.41. The van der Waals surface area contributed by atoms with Crippen LogP contribution in [0.5, 0.6) is 0 Å². The summed E-state index contributed by atoms with van der Waals surface area (Å²) in [5.74, 6) is 1.17. The lowest BCUT2D eigenvalue weighted by Crippen LogP contribution is -2.25. The molecular weight excluding hydrogens is 258 g/mol. The van der Waals surface area contributed by atoms with Crippen molar-refractivity contribution in [1.82, 2.24) is 14.9 Å². The van der Waals surface area contributed by atoms with Gasteiger partial charge in [0.1, 0.15) is 5.82 Å². The second-order valence-electron chi connectivity index (χ2n) is 7.13. The van der Waals surface area contributed by atoms with E-state index in [1.165, 1.54) is 34.0 Å². The fourth-order valence-electron chi connectivity index (χ4n) is 3.13. The minimum Gasteiger partial charge on any atom is -0.311 e. The van der Waals surface area contributed by atoms with E-state index in [2.05, 4.69) is 62.7 Å². The standard InChI is InChI=1S/C18H25N3/c1-12-6-7-15(13(2)10-12)21-16-8-9-19-11-14(16)20-17(21)18(3,4)5/h6-7,10,19H,8-9,11H2,1-5H3. The maximum atomic E-state index is 4.96. The molecule has 0 fully saturated rings. The molecule has 2 heterocycles. The molecule has 21 heavy (non-hydrogen) atoms. The molecule has 3 nitrogen and oxygen atoms in total. The van der Waals surface area contributed by atoms with E-state index in [9.17, 15) is 0 Å². The Morgan fingerprint density at radius 1 is 1.19 bits per heavy atom. The molecule has 112 valence electrons. The van der Waals surface area contributed by atoms with Crippen LogP contribution in [-0.2, 0) is 18.4 Å². The first kappa shape index (κ1) is 14.3. The number of hydrogen-bond acceptors (Lipinski definition) is 2. The molecule has 0 bridgehead atoms. The maximum Gasteiger partial charge on any atom is 0.119 e. The van der Waals surface area contributed by atoms with Crippen LogP contribution in [0.1, 0.15) is 49.1 Å². The van der Waals surface area contributed by atoms with Gasteiger partial charge in [-0.25, -0.2) is 4.98 Å². The van der Waals surface area contributed by atoms with Crippen LogP contribution < -0.4 is 5.32 Å². The molecule has 0 radical (unpaired) electrons. The van der Waals surface area contributed by atoms with Crippen LogP contribution in [0.2, 0.25) is 0 Å². The van der Waals surface area contributed by atoms with Gasteiger partial charge in [-0.15, -0.1) is 0 Å². The van der Waals surface area contributed by atoms with Crippen LogP contribution in [0.25, 0.3) is 5.69 Å². The van der Waals surface area contributed by atoms with Crippen molar-refractivity contribution in [3.05, 3.63) is 46.5 Å². The van der Waals surface area contributed by atoms with E-state index in [1.807, 2.05) is 0 Å². The van der Waals surface area contributed by atoms with E-state index in [1.54, 1.807) is 0 Å². The van der Waals surface area contributed by atoms with E-state index in [0.29, 0.717) is 0 Å². The molecule has 1 N–H and O–H groups in total. The average molecular weight is 283 g/mol. The molecule has 2 aromatic rings. The zero-order valence-electron chi connectivity index (χ0n) is 13.7. The van der Waals surface area contributed by atoms with Crippen LogP contribution >= 0.6 is 0 Å². The SMILES string of the molecule is Cc1ccc(-n2c(C(C)(C)C)nc3c2CCNC3)c(C)c1. The summed E-state index contributed by atoms with van der Waals surface area (Å²) in [5, 5.41) is 3.43. The number of nitrogens with one attached hydrogen (secondary N) is 1. The fraction of sp³-hybridized carbons (Fsp3) is 0.500. The first-order valence-corrected chi connectivity index (χ1v) is 7.77. The molecule has 0 aliphatic carbocycles. The Morgan fingerprint density at radius 3 is 2.62 bits per heavy atom. The number of fused-ring (bicyclic) bond motifs is 1. The van der Waals surface area contributed by atoms with Crippen molar-refractivity contribution < 1.29 is 0 Å². The monoisotopic (exact) mass is 283 g/mol. The van der Waals surface area contributed by atoms with Gasteiger partial charge in [0.2, 0.25) is 0 Å². The quantitative estimate of drug-likeness (QED) is 0.869. The van der Waals surface area contributed by atoms with E-state index >= 15 is 0 Å². The van der Waals surface area contributed by atoms with Crippen molar-refractivity contribution in [2.75, 3.05) is 6.54 Å². The van der Waals surface area contributed by atoms with Crippen LogP contribution in [0.15, 0.2) is 18.2 Å². The Morgan fingerprint density at radius 2 is 1.95 bits per heavy atom. The predicted octanol–water partition coefficient (Wildman–Crippen LogP) is 3.43. The van der Waals surface area contributed by atoms with Gasteiger partial charge in [0, 0.05) is 36.3 Å². The summed E-state index contributed by atoms with van der Waals surface area (Å²) in [6, 6.07) is 6.70. The Labute approximate surface area is 127 Å². The van der Waals surface area contributed by atoms with Crippen molar-refractivity contribution in [2.45, 2.75) is 53.0 Å². The van der Waals surface area contributed by atoms with Gasteiger partial charge >= 0.3 is 0 Å². The van der Waals surface area contributed by atoms with Gasteiger partial charge in [0.15, 0.2) is 0 Å². The third kappa shape index (κ3) is 2.51. The van der Waals surface area contributed by atoms with Gasteiger partial charge in [-0.2, -0.15) is 0 Å². The zero-order valence-corrected chi connectivity index (χ0v) is 13.7. The number of aromatic nitrogens is 2. The third-order valence-electron chi connectivity index (χ3n) is 4.15. The molecule has 0 saturated heterocycles. The topological polar surface area (TPSA) is 29.9 Å². The van der Waals surface area contributed by atoms with E-state index in [-0.39, 0.29) is 5.41 Å². The Balaban J connectivity index is 2.27. The number of rotatable bonds is 1. The van der Waals surface area contributed by atoms with Gasteiger partial charge in [-0.1, -0.05) is 38.5 Å². The molecule has 1 aliphatic heterocycles. The molecule has 0 unspecified atom stereocenters. The molecule has 0 atom stereocenters. The molecule has 0 saturated carbocycles. The summed E-state index contributed by atoms with van der Waals surface area (Å²) in [5.41, 5.74) is 6.54. The Bertz CT molecular complexity index is 675. The van der Waals surface area contributed by atoms with Gasteiger partial charge in [-0.3, -0.25) is 4.57 Å². The highest BCUT2D eigenvalue weighted by Gasteiger charge is 2.28. The lowest BCUT2D eigenvalue weighted by Gasteiger charge is -2.23. The molecule has 0 amide bonds. The molecule has 1 aliphatic rings. The Hall–Kier alpha value is -1.61. The summed E-state index contributed by atoms with van der Waals surface area (Å²) in [4.78, 5) is 4.96. The van der Waals surface area contributed by atoms with Gasteiger partial charge in [0.25, 0.3) is 0 Å². The van der Waals surface area contributed by atoms with Crippen LogP contribution in [0, 0.1) is 13.8 Å². The number of hydrogen-bond donors (Lipinski definition) is 1. The van der Waals surface area contributed by atoms with E-state index in [0.717, 1.165) is 19.5 Å². The van der Waals surface area contributed by atoms with Crippen LogP contribution in [0.3, 0.4) is 0 Å². The second kappa shape index (κ2) is 4.99. The largest absolute Gasteiger partial charge is 0.311 e. The normalized spacial score (nSPS) is 15.1. The minimum absolute atomic E-state index is 0.0364. The third-order valence-corrected chi connectivity index (χ3v) is 4.15. The number of imidazole rings is 1. The minimum atomic E-state index is 0.0364.